The van der Waals surface area contributed by atoms with Crippen molar-refractivity contribution in [3.63, 3.8) is 0 Å². The van der Waals surface area contributed by atoms with Crippen LogP contribution in [-0.2, 0) is 12.8 Å². The van der Waals surface area contributed by atoms with Crippen LogP contribution in [0.15, 0.2) is 0 Å². The second-order valence-corrected chi connectivity index (χ2v) is 5.38. The van der Waals surface area contributed by atoms with Crippen LogP contribution in [0.4, 0.5) is 5.82 Å². The van der Waals surface area contributed by atoms with E-state index in [2.05, 4.69) is 60.9 Å². The van der Waals surface area contributed by atoms with E-state index >= 15 is 0 Å². The number of hydrogen-bond acceptors (Lipinski definition) is 5. The first-order valence-corrected chi connectivity index (χ1v) is 7.77. The minimum atomic E-state index is 0.705. The SMILES string of the molecule is CCc1nnc(N(CC)CCCN(C)C)c(C#N)c1CC. The minimum Gasteiger partial charge on any atom is -0.354 e. The Morgan fingerprint density at radius 1 is 1.05 bits per heavy atom. The molecule has 5 heteroatoms. The van der Waals surface area contributed by atoms with Crippen LogP contribution in [0.1, 0.15) is 44.0 Å². The van der Waals surface area contributed by atoms with Crippen molar-refractivity contribution in [2.75, 3.05) is 38.6 Å². The van der Waals surface area contributed by atoms with E-state index in [1.165, 1.54) is 0 Å². The van der Waals surface area contributed by atoms with Crippen LogP contribution in [0.3, 0.4) is 0 Å². The Morgan fingerprint density at radius 2 is 1.76 bits per heavy atom. The van der Waals surface area contributed by atoms with Gasteiger partial charge in [-0.1, -0.05) is 13.8 Å². The molecular formula is C16H27N5. The Kier molecular flexibility index (Phi) is 7.10. The third-order valence-electron chi connectivity index (χ3n) is 3.65. The molecule has 1 aromatic heterocycles. The molecule has 0 radical (unpaired) electrons. The minimum absolute atomic E-state index is 0.705. The van der Waals surface area contributed by atoms with Gasteiger partial charge in [0.15, 0.2) is 5.82 Å². The van der Waals surface area contributed by atoms with Gasteiger partial charge in [0.2, 0.25) is 0 Å². The smallest absolute Gasteiger partial charge is 0.169 e. The van der Waals surface area contributed by atoms with Crippen molar-refractivity contribution < 1.29 is 0 Å². The number of hydrogen-bond donors (Lipinski definition) is 0. The predicted octanol–water partition coefficient (Wildman–Crippen LogP) is 2.25. The van der Waals surface area contributed by atoms with E-state index in [9.17, 15) is 5.26 Å². The topological polar surface area (TPSA) is 56.1 Å². The lowest BCUT2D eigenvalue weighted by Crippen LogP contribution is -2.29. The second kappa shape index (κ2) is 8.58. The highest BCUT2D eigenvalue weighted by Crippen LogP contribution is 2.23. The maximum atomic E-state index is 9.56. The fourth-order valence-corrected chi connectivity index (χ4v) is 2.49. The summed E-state index contributed by atoms with van der Waals surface area (Å²) in [7, 11) is 4.14. The van der Waals surface area contributed by atoms with Gasteiger partial charge in [-0.2, -0.15) is 10.4 Å². The first kappa shape index (κ1) is 17.4. The predicted molar refractivity (Wildman–Crippen MR) is 86.6 cm³/mol. The van der Waals surface area contributed by atoms with Gasteiger partial charge in [-0.3, -0.25) is 0 Å². The Hall–Kier alpha value is -1.67. The van der Waals surface area contributed by atoms with Crippen molar-refractivity contribution in [1.82, 2.24) is 15.1 Å². The van der Waals surface area contributed by atoms with Crippen molar-refractivity contribution in [1.29, 1.82) is 5.26 Å². The van der Waals surface area contributed by atoms with E-state index in [1.54, 1.807) is 0 Å². The van der Waals surface area contributed by atoms with E-state index in [4.69, 9.17) is 0 Å². The number of rotatable bonds is 8. The largest absolute Gasteiger partial charge is 0.354 e. The highest BCUT2D eigenvalue weighted by atomic mass is 15.3. The molecule has 0 amide bonds. The summed E-state index contributed by atoms with van der Waals surface area (Å²) in [4.78, 5) is 4.33. The molecule has 0 saturated carbocycles. The van der Waals surface area contributed by atoms with Gasteiger partial charge in [0, 0.05) is 13.1 Å². The normalized spacial score (nSPS) is 10.7. The maximum absolute atomic E-state index is 9.56. The maximum Gasteiger partial charge on any atom is 0.169 e. The standard InChI is InChI=1S/C16H27N5/c1-6-13-14(12-17)16(19-18-15(13)7-2)21(8-3)11-9-10-20(4)5/h6-11H2,1-5H3. The zero-order chi connectivity index (χ0) is 15.8. The number of aromatic nitrogens is 2. The van der Waals surface area contributed by atoms with E-state index in [0.29, 0.717) is 5.56 Å². The van der Waals surface area contributed by atoms with Gasteiger partial charge in [-0.15, -0.1) is 5.10 Å². The lowest BCUT2D eigenvalue weighted by molar-refractivity contribution is 0.400. The average molecular weight is 289 g/mol. The van der Waals surface area contributed by atoms with Crippen LogP contribution in [0, 0.1) is 11.3 Å². The summed E-state index contributed by atoms with van der Waals surface area (Å²) in [6.45, 7) is 8.98. The Bertz CT molecular complexity index is 490. The molecule has 0 unspecified atom stereocenters. The number of nitriles is 1. The van der Waals surface area contributed by atoms with Gasteiger partial charge in [0.25, 0.3) is 0 Å². The van der Waals surface area contributed by atoms with E-state index < -0.39 is 0 Å². The summed E-state index contributed by atoms with van der Waals surface area (Å²) < 4.78 is 0. The van der Waals surface area contributed by atoms with Crippen molar-refractivity contribution >= 4 is 5.82 Å². The zero-order valence-corrected chi connectivity index (χ0v) is 14.0. The van der Waals surface area contributed by atoms with Crippen LogP contribution in [-0.4, -0.2) is 48.8 Å². The van der Waals surface area contributed by atoms with Gasteiger partial charge in [-0.05, 0) is 52.4 Å². The number of nitrogens with zero attached hydrogens (tertiary/aromatic N) is 5. The number of aryl methyl sites for hydroxylation is 1. The summed E-state index contributed by atoms with van der Waals surface area (Å²) in [5.74, 6) is 0.743. The fourth-order valence-electron chi connectivity index (χ4n) is 2.49. The molecule has 0 fully saturated rings. The molecule has 0 N–H and O–H groups in total. The molecule has 1 rings (SSSR count). The number of anilines is 1. The van der Waals surface area contributed by atoms with Crippen LogP contribution >= 0.6 is 0 Å². The van der Waals surface area contributed by atoms with Gasteiger partial charge >= 0.3 is 0 Å². The molecule has 0 atom stereocenters. The molecule has 116 valence electrons. The molecule has 0 aliphatic carbocycles. The van der Waals surface area contributed by atoms with Gasteiger partial charge in [0.05, 0.1) is 5.69 Å². The van der Waals surface area contributed by atoms with Crippen molar-refractivity contribution in [3.8, 4) is 6.07 Å². The lowest BCUT2D eigenvalue weighted by atomic mass is 10.0. The molecule has 0 aromatic carbocycles. The van der Waals surface area contributed by atoms with E-state index in [-0.39, 0.29) is 0 Å². The first-order valence-electron chi connectivity index (χ1n) is 7.77. The summed E-state index contributed by atoms with van der Waals surface area (Å²) in [5, 5.41) is 18.2. The van der Waals surface area contributed by atoms with Crippen molar-refractivity contribution in [3.05, 3.63) is 16.8 Å². The molecule has 0 spiro atoms. The summed E-state index contributed by atoms with van der Waals surface area (Å²) in [6.07, 6.45) is 2.69. The molecule has 0 aliphatic rings. The molecule has 1 heterocycles. The molecule has 21 heavy (non-hydrogen) atoms. The lowest BCUT2D eigenvalue weighted by Gasteiger charge is -2.24. The fraction of sp³-hybridized carbons (Fsp3) is 0.688. The van der Waals surface area contributed by atoms with Crippen LogP contribution in [0.5, 0.6) is 0 Å². The Labute approximate surface area is 128 Å². The quantitative estimate of drug-likeness (QED) is 0.734. The zero-order valence-electron chi connectivity index (χ0n) is 14.0. The first-order chi connectivity index (χ1) is 10.1. The van der Waals surface area contributed by atoms with Crippen LogP contribution in [0.25, 0.3) is 0 Å². The van der Waals surface area contributed by atoms with E-state index in [0.717, 1.165) is 56.0 Å². The van der Waals surface area contributed by atoms with Crippen LogP contribution in [0.2, 0.25) is 0 Å². The highest BCUT2D eigenvalue weighted by Gasteiger charge is 2.18. The third kappa shape index (κ3) is 4.40. The molecule has 1 aromatic rings. The molecule has 0 aliphatic heterocycles. The van der Waals surface area contributed by atoms with Gasteiger partial charge < -0.3 is 9.80 Å². The van der Waals surface area contributed by atoms with Gasteiger partial charge in [0.1, 0.15) is 11.6 Å². The molecular weight excluding hydrogens is 262 g/mol. The molecule has 0 saturated heterocycles. The second-order valence-electron chi connectivity index (χ2n) is 5.38. The molecule has 5 nitrogen and oxygen atoms in total. The van der Waals surface area contributed by atoms with Crippen LogP contribution < -0.4 is 4.90 Å². The summed E-state index contributed by atoms with van der Waals surface area (Å²) >= 11 is 0. The molecule has 0 bridgehead atoms. The monoisotopic (exact) mass is 289 g/mol. The Morgan fingerprint density at radius 3 is 2.24 bits per heavy atom. The third-order valence-corrected chi connectivity index (χ3v) is 3.65. The Balaban J connectivity index is 3.06. The van der Waals surface area contributed by atoms with Crippen molar-refractivity contribution in [2.24, 2.45) is 0 Å². The van der Waals surface area contributed by atoms with Gasteiger partial charge in [-0.25, -0.2) is 0 Å². The highest BCUT2D eigenvalue weighted by molar-refractivity contribution is 5.58. The summed E-state index contributed by atoms with van der Waals surface area (Å²) in [6, 6.07) is 2.35. The van der Waals surface area contributed by atoms with E-state index in [1.807, 2.05) is 0 Å². The van der Waals surface area contributed by atoms with Crippen molar-refractivity contribution in [2.45, 2.75) is 40.0 Å². The average Bonchev–Trinajstić information content (AvgIpc) is 2.49. The summed E-state index contributed by atoms with van der Waals surface area (Å²) in [5.41, 5.74) is 2.70.